The molecule has 1 aromatic rings. The van der Waals surface area contributed by atoms with Crippen LogP contribution in [0.1, 0.15) is 47.0 Å². The number of ether oxygens (including phenoxy) is 1. The van der Waals surface area contributed by atoms with Gasteiger partial charge in [0.15, 0.2) is 0 Å². The molecule has 1 fully saturated rings. The first kappa shape index (κ1) is 16.3. The van der Waals surface area contributed by atoms with Crippen molar-refractivity contribution in [1.82, 2.24) is 0 Å². The molecule has 21 heavy (non-hydrogen) atoms. The minimum Gasteiger partial charge on any atom is -0.491 e. The first-order valence-electron chi connectivity index (χ1n) is 8.04. The molecule has 3 heteroatoms. The summed E-state index contributed by atoms with van der Waals surface area (Å²) in [5.41, 5.74) is 0.435. The van der Waals surface area contributed by atoms with Crippen LogP contribution in [0.3, 0.4) is 0 Å². The number of aliphatic hydroxyl groups is 1. The van der Waals surface area contributed by atoms with Crippen LogP contribution in [0.5, 0.6) is 5.75 Å². The zero-order valence-electron chi connectivity index (χ0n) is 13.9. The van der Waals surface area contributed by atoms with Gasteiger partial charge in [-0.1, -0.05) is 18.2 Å². The lowest BCUT2D eigenvalue weighted by molar-refractivity contribution is -1.00. The molecule has 1 aliphatic rings. The Morgan fingerprint density at radius 2 is 1.67 bits per heavy atom. The van der Waals surface area contributed by atoms with E-state index in [-0.39, 0.29) is 11.1 Å². The molecular formula is C18H30NO2+. The third-order valence-electron chi connectivity index (χ3n) is 4.86. The van der Waals surface area contributed by atoms with Crippen LogP contribution in [0, 0.1) is 0 Å². The average Bonchev–Trinajstić information content (AvgIpc) is 2.41. The molecule has 118 valence electrons. The maximum Gasteiger partial charge on any atom is 0.137 e. The molecule has 1 heterocycles. The van der Waals surface area contributed by atoms with Crippen LogP contribution in [0.25, 0.3) is 0 Å². The number of benzene rings is 1. The van der Waals surface area contributed by atoms with Crippen molar-refractivity contribution in [2.45, 2.75) is 64.1 Å². The quantitative estimate of drug-likeness (QED) is 0.871. The second-order valence-corrected chi connectivity index (χ2v) is 7.58. The number of para-hydroxylation sites is 1. The standard InChI is InChI=1S/C18H29NO2/c1-17(2)11-8-12-18(3,4)19(17)13-15(20)14-21-16-9-6-5-7-10-16/h5-7,9-10,15,20H,8,11-14H2,1-4H3/p+1/t15-/m0/s1. The van der Waals surface area contributed by atoms with Crippen molar-refractivity contribution in [3.8, 4) is 5.75 Å². The molecular weight excluding hydrogens is 262 g/mol. The lowest BCUT2D eigenvalue weighted by atomic mass is 9.79. The van der Waals surface area contributed by atoms with Crippen molar-refractivity contribution in [2.24, 2.45) is 0 Å². The van der Waals surface area contributed by atoms with Gasteiger partial charge in [-0.3, -0.25) is 0 Å². The lowest BCUT2D eigenvalue weighted by Gasteiger charge is -2.50. The predicted octanol–water partition coefficient (Wildman–Crippen LogP) is 2.05. The maximum absolute atomic E-state index is 10.4. The highest BCUT2D eigenvalue weighted by atomic mass is 16.5. The molecule has 0 bridgehead atoms. The van der Waals surface area contributed by atoms with Crippen LogP contribution in [-0.2, 0) is 0 Å². The second-order valence-electron chi connectivity index (χ2n) is 7.58. The van der Waals surface area contributed by atoms with Crippen LogP contribution in [0.2, 0.25) is 0 Å². The Morgan fingerprint density at radius 1 is 1.10 bits per heavy atom. The molecule has 2 N–H and O–H groups in total. The third-order valence-corrected chi connectivity index (χ3v) is 4.86. The zero-order chi connectivity index (χ0) is 15.5. The molecule has 0 saturated carbocycles. The molecule has 2 rings (SSSR count). The summed E-state index contributed by atoms with van der Waals surface area (Å²) in [7, 11) is 0. The van der Waals surface area contributed by atoms with Crippen LogP contribution in [0.15, 0.2) is 30.3 Å². The molecule has 0 unspecified atom stereocenters. The van der Waals surface area contributed by atoms with Crippen LogP contribution in [0.4, 0.5) is 0 Å². The largest absolute Gasteiger partial charge is 0.491 e. The van der Waals surface area contributed by atoms with Gasteiger partial charge in [0, 0.05) is 12.8 Å². The molecule has 0 amide bonds. The summed E-state index contributed by atoms with van der Waals surface area (Å²) in [6, 6.07) is 9.71. The fourth-order valence-electron chi connectivity index (χ4n) is 3.75. The maximum atomic E-state index is 10.4. The highest BCUT2D eigenvalue weighted by Gasteiger charge is 2.45. The van der Waals surface area contributed by atoms with E-state index in [2.05, 4.69) is 27.7 Å². The Bertz CT molecular complexity index is 426. The van der Waals surface area contributed by atoms with E-state index in [1.54, 1.807) is 0 Å². The lowest BCUT2D eigenvalue weighted by Crippen LogP contribution is -3.27. The summed E-state index contributed by atoms with van der Waals surface area (Å²) in [5, 5.41) is 10.4. The van der Waals surface area contributed by atoms with Crippen LogP contribution in [-0.4, -0.2) is 35.4 Å². The first-order valence-corrected chi connectivity index (χ1v) is 8.04. The van der Waals surface area contributed by atoms with E-state index in [4.69, 9.17) is 4.74 Å². The van der Waals surface area contributed by atoms with Gasteiger partial charge in [-0.25, -0.2) is 0 Å². The van der Waals surface area contributed by atoms with Crippen molar-refractivity contribution < 1.29 is 14.7 Å². The Hall–Kier alpha value is -1.06. The summed E-state index contributed by atoms with van der Waals surface area (Å²) in [4.78, 5) is 1.49. The highest BCUT2D eigenvalue weighted by Crippen LogP contribution is 2.23. The summed E-state index contributed by atoms with van der Waals surface area (Å²) in [6.07, 6.45) is 3.28. The van der Waals surface area contributed by atoms with Gasteiger partial charge in [-0.2, -0.15) is 0 Å². The predicted molar refractivity (Wildman–Crippen MR) is 85.8 cm³/mol. The molecule has 1 saturated heterocycles. The number of quaternary nitrogens is 1. The van der Waals surface area contributed by atoms with Crippen molar-refractivity contribution >= 4 is 0 Å². The minimum atomic E-state index is -0.433. The third kappa shape index (κ3) is 4.21. The van der Waals surface area contributed by atoms with Gasteiger partial charge in [0.05, 0.1) is 11.1 Å². The molecule has 3 nitrogen and oxygen atoms in total. The van der Waals surface area contributed by atoms with Crippen LogP contribution >= 0.6 is 0 Å². The summed E-state index contributed by atoms with van der Waals surface area (Å²) in [5.74, 6) is 0.823. The Balaban J connectivity index is 1.92. The van der Waals surface area contributed by atoms with Gasteiger partial charge in [0.25, 0.3) is 0 Å². The van der Waals surface area contributed by atoms with Crippen molar-refractivity contribution in [3.05, 3.63) is 30.3 Å². The van der Waals surface area contributed by atoms with E-state index >= 15 is 0 Å². The summed E-state index contributed by atoms with van der Waals surface area (Å²) >= 11 is 0. The van der Waals surface area contributed by atoms with Gasteiger partial charge in [0.1, 0.15) is 25.0 Å². The first-order chi connectivity index (χ1) is 9.81. The fraction of sp³-hybridized carbons (Fsp3) is 0.667. The molecule has 0 aliphatic carbocycles. The molecule has 0 radical (unpaired) electrons. The Kier molecular flexibility index (Phi) is 4.95. The molecule has 0 aromatic heterocycles. The number of likely N-dealkylation sites (tertiary alicyclic amines) is 1. The molecule has 1 aliphatic heterocycles. The van der Waals surface area contributed by atoms with Gasteiger partial charge >= 0.3 is 0 Å². The number of nitrogens with one attached hydrogen (secondary N) is 1. The van der Waals surface area contributed by atoms with Gasteiger partial charge in [-0.05, 0) is 46.2 Å². The van der Waals surface area contributed by atoms with E-state index in [0.717, 1.165) is 12.3 Å². The molecule has 1 aromatic carbocycles. The summed E-state index contributed by atoms with van der Waals surface area (Å²) in [6.45, 7) is 10.4. The van der Waals surface area contributed by atoms with Crippen molar-refractivity contribution in [1.29, 1.82) is 0 Å². The van der Waals surface area contributed by atoms with E-state index in [0.29, 0.717) is 6.61 Å². The number of hydrogen-bond acceptors (Lipinski definition) is 2. The van der Waals surface area contributed by atoms with Gasteiger partial charge in [-0.15, -0.1) is 0 Å². The van der Waals surface area contributed by atoms with Crippen molar-refractivity contribution in [3.63, 3.8) is 0 Å². The molecule has 1 atom stereocenters. The van der Waals surface area contributed by atoms with Gasteiger partial charge < -0.3 is 14.7 Å². The second kappa shape index (κ2) is 6.37. The van der Waals surface area contributed by atoms with E-state index in [9.17, 15) is 5.11 Å². The highest BCUT2D eigenvalue weighted by molar-refractivity contribution is 5.20. The smallest absolute Gasteiger partial charge is 0.137 e. The topological polar surface area (TPSA) is 33.9 Å². The number of aliphatic hydroxyl groups excluding tert-OH is 1. The average molecular weight is 292 g/mol. The minimum absolute atomic E-state index is 0.218. The SMILES string of the molecule is CC1(C)CCCC(C)(C)[NH+]1C[C@H](O)COc1ccccc1. The number of piperidine rings is 1. The normalized spacial score (nSPS) is 22.7. The number of rotatable bonds is 5. The Morgan fingerprint density at radius 3 is 2.24 bits per heavy atom. The monoisotopic (exact) mass is 292 g/mol. The molecule has 0 spiro atoms. The van der Waals surface area contributed by atoms with Gasteiger partial charge in [0.2, 0.25) is 0 Å². The van der Waals surface area contributed by atoms with E-state index in [1.807, 2.05) is 30.3 Å². The summed E-state index contributed by atoms with van der Waals surface area (Å²) < 4.78 is 5.68. The number of hydrogen-bond donors (Lipinski definition) is 2. The van der Waals surface area contributed by atoms with E-state index < -0.39 is 6.10 Å². The Labute approximate surface area is 128 Å². The van der Waals surface area contributed by atoms with E-state index in [1.165, 1.54) is 24.2 Å². The fourth-order valence-corrected chi connectivity index (χ4v) is 3.75. The zero-order valence-corrected chi connectivity index (χ0v) is 13.9. The van der Waals surface area contributed by atoms with Crippen LogP contribution < -0.4 is 9.64 Å². The van der Waals surface area contributed by atoms with Crippen molar-refractivity contribution in [2.75, 3.05) is 13.2 Å².